The zero-order valence-electron chi connectivity index (χ0n) is 10.7. The summed E-state index contributed by atoms with van der Waals surface area (Å²) < 4.78 is 10.8. The number of ether oxygens (including phenoxy) is 2. The third-order valence-corrected chi connectivity index (χ3v) is 4.09. The maximum absolute atomic E-state index is 5.40. The van der Waals surface area contributed by atoms with Crippen LogP contribution in [0.25, 0.3) is 0 Å². The summed E-state index contributed by atoms with van der Waals surface area (Å²) in [4.78, 5) is 2.55. The van der Waals surface area contributed by atoms with Crippen molar-refractivity contribution in [3.8, 4) is 11.5 Å². The first-order valence-electron chi connectivity index (χ1n) is 6.23. The molecule has 0 N–H and O–H groups in total. The lowest BCUT2D eigenvalue weighted by Crippen LogP contribution is -2.51. The molecule has 3 heteroatoms. The van der Waals surface area contributed by atoms with E-state index in [0.717, 1.165) is 23.8 Å². The monoisotopic (exact) mass is 233 g/mol. The van der Waals surface area contributed by atoms with E-state index in [9.17, 15) is 0 Å². The second kappa shape index (κ2) is 3.91. The number of rotatable bonds is 2. The lowest BCUT2D eigenvalue weighted by molar-refractivity contribution is 0.0158. The molecule has 1 saturated heterocycles. The van der Waals surface area contributed by atoms with Crippen LogP contribution in [-0.2, 0) is 6.42 Å². The Labute approximate surface area is 102 Å². The third kappa shape index (κ3) is 1.53. The number of benzene rings is 1. The van der Waals surface area contributed by atoms with Crippen LogP contribution in [-0.4, -0.2) is 32.2 Å². The highest BCUT2D eigenvalue weighted by Gasteiger charge is 2.40. The molecule has 0 saturated carbocycles. The van der Waals surface area contributed by atoms with Crippen molar-refractivity contribution in [2.75, 3.05) is 27.3 Å². The van der Waals surface area contributed by atoms with Crippen LogP contribution in [0.5, 0.6) is 11.5 Å². The Bertz CT molecular complexity index is 444. The molecule has 0 radical (unpaired) electrons. The summed E-state index contributed by atoms with van der Waals surface area (Å²) in [6.45, 7) is 4.74. The zero-order chi connectivity index (χ0) is 12.0. The van der Waals surface area contributed by atoms with Gasteiger partial charge in [0.2, 0.25) is 0 Å². The predicted molar refractivity (Wildman–Crippen MR) is 66.7 cm³/mol. The van der Waals surface area contributed by atoms with Crippen LogP contribution in [0.4, 0.5) is 0 Å². The van der Waals surface area contributed by atoms with Gasteiger partial charge in [0.15, 0.2) is 11.5 Å². The molecular weight excluding hydrogens is 214 g/mol. The second-order valence-corrected chi connectivity index (χ2v) is 5.07. The van der Waals surface area contributed by atoms with Crippen LogP contribution in [0.15, 0.2) is 12.1 Å². The van der Waals surface area contributed by atoms with Gasteiger partial charge in [0.25, 0.3) is 0 Å². The SMILES string of the molecule is COc1cc2c(cc1OC)[C@H]1[C@@H](C)CN1CC2. The molecule has 1 aromatic rings. The summed E-state index contributed by atoms with van der Waals surface area (Å²) in [5.41, 5.74) is 2.86. The van der Waals surface area contributed by atoms with Crippen molar-refractivity contribution in [1.82, 2.24) is 4.90 Å². The molecule has 0 bridgehead atoms. The van der Waals surface area contributed by atoms with Crippen molar-refractivity contribution < 1.29 is 9.47 Å². The summed E-state index contributed by atoms with van der Waals surface area (Å²) in [7, 11) is 3.40. The number of methoxy groups -OCH3 is 2. The van der Waals surface area contributed by atoms with E-state index in [1.54, 1.807) is 14.2 Å². The molecule has 1 fully saturated rings. The summed E-state index contributed by atoms with van der Waals surface area (Å²) in [5, 5.41) is 0. The highest BCUT2D eigenvalue weighted by Crippen LogP contribution is 2.46. The Morgan fingerprint density at radius 1 is 1.18 bits per heavy atom. The minimum absolute atomic E-state index is 0.596. The number of hydrogen-bond acceptors (Lipinski definition) is 3. The Kier molecular flexibility index (Phi) is 2.51. The lowest BCUT2D eigenvalue weighted by atomic mass is 9.78. The zero-order valence-corrected chi connectivity index (χ0v) is 10.7. The van der Waals surface area contributed by atoms with Crippen LogP contribution in [0.2, 0.25) is 0 Å². The van der Waals surface area contributed by atoms with Gasteiger partial charge in [-0.15, -0.1) is 0 Å². The predicted octanol–water partition coefficient (Wildman–Crippen LogP) is 2.25. The van der Waals surface area contributed by atoms with Crippen molar-refractivity contribution in [2.45, 2.75) is 19.4 Å². The van der Waals surface area contributed by atoms with E-state index in [-0.39, 0.29) is 0 Å². The summed E-state index contributed by atoms with van der Waals surface area (Å²) in [5.74, 6) is 2.46. The lowest BCUT2D eigenvalue weighted by Gasteiger charge is -2.50. The molecule has 3 nitrogen and oxygen atoms in total. The Hall–Kier alpha value is -1.22. The van der Waals surface area contributed by atoms with Crippen molar-refractivity contribution in [3.05, 3.63) is 23.3 Å². The van der Waals surface area contributed by atoms with Gasteiger partial charge in [0.05, 0.1) is 14.2 Å². The smallest absolute Gasteiger partial charge is 0.161 e. The fourth-order valence-corrected chi connectivity index (χ4v) is 3.23. The third-order valence-electron chi connectivity index (χ3n) is 4.09. The Morgan fingerprint density at radius 3 is 2.53 bits per heavy atom. The van der Waals surface area contributed by atoms with E-state index in [0.29, 0.717) is 6.04 Å². The van der Waals surface area contributed by atoms with E-state index >= 15 is 0 Å². The first-order chi connectivity index (χ1) is 8.24. The molecule has 1 aromatic carbocycles. The quantitative estimate of drug-likeness (QED) is 0.782. The second-order valence-electron chi connectivity index (χ2n) is 5.07. The van der Waals surface area contributed by atoms with E-state index in [1.807, 2.05) is 0 Å². The normalized spacial score (nSPS) is 26.8. The highest BCUT2D eigenvalue weighted by molar-refractivity contribution is 5.50. The summed E-state index contributed by atoms with van der Waals surface area (Å²) >= 11 is 0. The molecule has 0 aromatic heterocycles. The minimum Gasteiger partial charge on any atom is -0.493 e. The first-order valence-corrected chi connectivity index (χ1v) is 6.23. The van der Waals surface area contributed by atoms with Gasteiger partial charge >= 0.3 is 0 Å². The minimum atomic E-state index is 0.596. The fourth-order valence-electron chi connectivity index (χ4n) is 3.23. The van der Waals surface area contributed by atoms with Crippen LogP contribution in [0.1, 0.15) is 24.1 Å². The van der Waals surface area contributed by atoms with E-state index < -0.39 is 0 Å². The number of nitrogens with zero attached hydrogens (tertiary/aromatic N) is 1. The van der Waals surface area contributed by atoms with Gasteiger partial charge < -0.3 is 9.47 Å². The van der Waals surface area contributed by atoms with E-state index in [1.165, 1.54) is 24.2 Å². The van der Waals surface area contributed by atoms with Crippen LogP contribution in [0.3, 0.4) is 0 Å². The molecule has 2 heterocycles. The fraction of sp³-hybridized carbons (Fsp3) is 0.571. The van der Waals surface area contributed by atoms with Crippen molar-refractivity contribution >= 4 is 0 Å². The molecular formula is C14H19NO2. The van der Waals surface area contributed by atoms with Gasteiger partial charge in [-0.25, -0.2) is 0 Å². The Morgan fingerprint density at radius 2 is 1.88 bits per heavy atom. The van der Waals surface area contributed by atoms with Crippen molar-refractivity contribution in [2.24, 2.45) is 5.92 Å². The average Bonchev–Trinajstić information content (AvgIpc) is 2.34. The van der Waals surface area contributed by atoms with Gasteiger partial charge in [0.1, 0.15) is 0 Å². The van der Waals surface area contributed by atoms with Crippen LogP contribution >= 0.6 is 0 Å². The summed E-state index contributed by atoms with van der Waals surface area (Å²) in [6, 6.07) is 4.91. The maximum Gasteiger partial charge on any atom is 0.161 e. The van der Waals surface area contributed by atoms with Crippen molar-refractivity contribution in [1.29, 1.82) is 0 Å². The largest absolute Gasteiger partial charge is 0.493 e. The van der Waals surface area contributed by atoms with Gasteiger partial charge in [-0.2, -0.15) is 0 Å². The topological polar surface area (TPSA) is 21.7 Å². The molecule has 2 aliphatic rings. The standard InChI is InChI=1S/C14H19NO2/c1-9-8-15-5-4-10-6-12(16-2)13(17-3)7-11(10)14(9)15/h6-7,9,14H,4-5,8H2,1-3H3/t9-,14+/m0/s1. The molecule has 0 unspecified atom stereocenters. The molecule has 2 aliphatic heterocycles. The average molecular weight is 233 g/mol. The van der Waals surface area contributed by atoms with Crippen LogP contribution in [0, 0.1) is 5.92 Å². The summed E-state index contributed by atoms with van der Waals surface area (Å²) in [6.07, 6.45) is 1.12. The molecule has 92 valence electrons. The highest BCUT2D eigenvalue weighted by atomic mass is 16.5. The molecule has 2 atom stereocenters. The Balaban J connectivity index is 2.06. The van der Waals surface area contributed by atoms with E-state index in [2.05, 4.69) is 24.0 Å². The molecule has 0 spiro atoms. The van der Waals surface area contributed by atoms with Gasteiger partial charge in [-0.1, -0.05) is 6.92 Å². The molecule has 17 heavy (non-hydrogen) atoms. The van der Waals surface area contributed by atoms with Gasteiger partial charge in [0, 0.05) is 19.1 Å². The number of fused-ring (bicyclic) bond motifs is 3. The molecule has 3 rings (SSSR count). The van der Waals surface area contributed by atoms with E-state index in [4.69, 9.17) is 9.47 Å². The van der Waals surface area contributed by atoms with Crippen LogP contribution < -0.4 is 9.47 Å². The molecule has 0 amide bonds. The van der Waals surface area contributed by atoms with Gasteiger partial charge in [-0.3, -0.25) is 4.90 Å². The van der Waals surface area contributed by atoms with Gasteiger partial charge in [-0.05, 0) is 35.6 Å². The maximum atomic E-state index is 5.40. The molecule has 0 aliphatic carbocycles. The number of hydrogen-bond donors (Lipinski definition) is 0. The first kappa shape index (κ1) is 10.9. The van der Waals surface area contributed by atoms with Crippen molar-refractivity contribution in [3.63, 3.8) is 0 Å².